The van der Waals surface area contributed by atoms with Gasteiger partial charge in [0.1, 0.15) is 6.04 Å². The summed E-state index contributed by atoms with van der Waals surface area (Å²) in [5, 5.41) is 11.7. The van der Waals surface area contributed by atoms with Crippen LogP contribution in [0.5, 0.6) is 0 Å². The first-order valence-electron chi connectivity index (χ1n) is 8.84. The Morgan fingerprint density at radius 1 is 1.07 bits per heavy atom. The number of hydrogen-bond acceptors (Lipinski definition) is 5. The van der Waals surface area contributed by atoms with Gasteiger partial charge >= 0.3 is 0 Å². The van der Waals surface area contributed by atoms with E-state index in [9.17, 15) is 4.79 Å². The molecule has 0 saturated heterocycles. The lowest BCUT2D eigenvalue weighted by Crippen LogP contribution is -2.31. The number of nitrogen functional groups attached to an aromatic ring is 1. The van der Waals surface area contributed by atoms with Crippen LogP contribution in [0.1, 0.15) is 24.1 Å². The van der Waals surface area contributed by atoms with Crippen LogP contribution in [-0.4, -0.2) is 26.4 Å². The van der Waals surface area contributed by atoms with Gasteiger partial charge in [0.25, 0.3) is 0 Å². The highest BCUT2D eigenvalue weighted by atomic mass is 32.2. The normalized spacial score (nSPS) is 11.9. The first kappa shape index (κ1) is 19.0. The second-order valence-corrected chi connectivity index (χ2v) is 7.24. The van der Waals surface area contributed by atoms with Crippen LogP contribution >= 0.6 is 11.8 Å². The summed E-state index contributed by atoms with van der Waals surface area (Å²) in [7, 11) is 0. The molecule has 2 aromatic carbocycles. The molecule has 140 valence electrons. The van der Waals surface area contributed by atoms with E-state index in [2.05, 4.69) is 27.6 Å². The topological polar surface area (TPSA) is 85.8 Å². The number of thioether (sulfide) groups is 1. The van der Waals surface area contributed by atoms with Crippen LogP contribution in [0.15, 0.2) is 65.8 Å². The third-order valence-corrected chi connectivity index (χ3v) is 5.18. The fourth-order valence-corrected chi connectivity index (χ4v) is 3.72. The van der Waals surface area contributed by atoms with Gasteiger partial charge in [-0.1, -0.05) is 72.4 Å². The number of carbonyl (C=O) groups is 1. The van der Waals surface area contributed by atoms with Gasteiger partial charge < -0.3 is 11.1 Å². The van der Waals surface area contributed by atoms with Crippen LogP contribution in [0.4, 0.5) is 5.95 Å². The maximum Gasteiger partial charge on any atom is 0.243 e. The van der Waals surface area contributed by atoms with Crippen LogP contribution in [0.25, 0.3) is 0 Å². The van der Waals surface area contributed by atoms with Crippen molar-refractivity contribution in [1.29, 1.82) is 0 Å². The zero-order chi connectivity index (χ0) is 19.1. The van der Waals surface area contributed by atoms with Crippen molar-refractivity contribution in [3.05, 3.63) is 71.8 Å². The molecule has 0 fully saturated rings. The minimum Gasteiger partial charge on any atom is -0.368 e. The molecule has 1 heterocycles. The molecule has 3 rings (SSSR count). The molecule has 0 bridgehead atoms. The van der Waals surface area contributed by atoms with E-state index in [-0.39, 0.29) is 11.9 Å². The lowest BCUT2D eigenvalue weighted by Gasteiger charge is -2.16. The summed E-state index contributed by atoms with van der Waals surface area (Å²) in [6, 6.07) is 19.6. The number of nitrogens with two attached hydrogens (primary N) is 1. The maximum absolute atomic E-state index is 12.6. The van der Waals surface area contributed by atoms with E-state index in [4.69, 9.17) is 5.73 Å². The Balaban J connectivity index is 1.59. The van der Waals surface area contributed by atoms with Crippen molar-refractivity contribution in [3.8, 4) is 0 Å². The van der Waals surface area contributed by atoms with Gasteiger partial charge in [0, 0.05) is 12.3 Å². The molecule has 1 aromatic heterocycles. The van der Waals surface area contributed by atoms with Crippen LogP contribution in [0.3, 0.4) is 0 Å². The molecular weight excluding hydrogens is 358 g/mol. The van der Waals surface area contributed by atoms with Crippen LogP contribution < -0.4 is 11.1 Å². The lowest BCUT2D eigenvalue weighted by molar-refractivity contribution is -0.124. The summed E-state index contributed by atoms with van der Waals surface area (Å²) < 4.78 is 1.69. The average molecular weight is 382 g/mol. The largest absolute Gasteiger partial charge is 0.368 e. The fraction of sp³-hybridized carbons (Fsp3) is 0.250. The molecule has 3 N–H and O–H groups in total. The maximum atomic E-state index is 12.6. The Morgan fingerprint density at radius 3 is 2.37 bits per heavy atom. The third-order valence-electron chi connectivity index (χ3n) is 4.23. The monoisotopic (exact) mass is 381 g/mol. The predicted molar refractivity (Wildman–Crippen MR) is 108 cm³/mol. The molecule has 0 aliphatic heterocycles. The van der Waals surface area contributed by atoms with Crippen molar-refractivity contribution in [1.82, 2.24) is 20.1 Å². The zero-order valence-electron chi connectivity index (χ0n) is 15.2. The Kier molecular flexibility index (Phi) is 6.49. The van der Waals surface area contributed by atoms with Gasteiger partial charge in [-0.15, -0.1) is 10.2 Å². The molecule has 0 aliphatic rings. The summed E-state index contributed by atoms with van der Waals surface area (Å²) in [4.78, 5) is 12.6. The van der Waals surface area contributed by atoms with Gasteiger partial charge in [-0.3, -0.25) is 9.36 Å². The summed E-state index contributed by atoms with van der Waals surface area (Å²) in [6.07, 6.45) is 0.910. The van der Waals surface area contributed by atoms with Crippen LogP contribution in [0, 0.1) is 0 Å². The van der Waals surface area contributed by atoms with Gasteiger partial charge in [0.05, 0.1) is 0 Å². The van der Waals surface area contributed by atoms with Crippen LogP contribution in [-0.2, 0) is 17.8 Å². The zero-order valence-corrected chi connectivity index (χ0v) is 16.0. The van der Waals surface area contributed by atoms with Crippen LogP contribution in [0.2, 0.25) is 0 Å². The number of anilines is 1. The first-order chi connectivity index (χ1) is 13.1. The number of nitrogens with zero attached hydrogens (tertiary/aromatic N) is 3. The summed E-state index contributed by atoms with van der Waals surface area (Å²) in [5.74, 6) is 0.968. The van der Waals surface area contributed by atoms with Crippen molar-refractivity contribution in [2.45, 2.75) is 31.1 Å². The van der Waals surface area contributed by atoms with Gasteiger partial charge in [0.2, 0.25) is 11.9 Å². The molecule has 1 unspecified atom stereocenters. The number of carbonyl (C=O) groups excluding carboxylic acids is 1. The SMILES string of the molecule is CC(C(=O)NCc1ccccc1)n1c(N)nnc1SCCc1ccccc1. The number of amides is 1. The molecule has 0 spiro atoms. The number of aryl methyl sites for hydroxylation is 1. The van der Waals surface area contributed by atoms with E-state index < -0.39 is 6.04 Å². The van der Waals surface area contributed by atoms with Crippen molar-refractivity contribution in [2.75, 3.05) is 11.5 Å². The van der Waals surface area contributed by atoms with E-state index in [0.717, 1.165) is 17.7 Å². The number of nitrogens with one attached hydrogen (secondary N) is 1. The standard InChI is InChI=1S/C20H23N5OS/c1-15(18(26)22-14-17-10-6-3-7-11-17)25-19(21)23-24-20(25)27-13-12-16-8-4-2-5-9-16/h2-11,15H,12-14H2,1H3,(H2,21,23)(H,22,26). The minimum absolute atomic E-state index is 0.115. The fourth-order valence-electron chi connectivity index (χ4n) is 2.71. The highest BCUT2D eigenvalue weighted by molar-refractivity contribution is 7.99. The third kappa shape index (κ3) is 5.10. The predicted octanol–water partition coefficient (Wildman–Crippen LogP) is 3.07. The number of benzene rings is 2. The van der Waals surface area contributed by atoms with Crippen molar-refractivity contribution >= 4 is 23.6 Å². The second-order valence-electron chi connectivity index (χ2n) is 6.17. The Bertz CT molecular complexity index is 867. The number of hydrogen-bond donors (Lipinski definition) is 2. The average Bonchev–Trinajstić information content (AvgIpc) is 3.07. The molecule has 0 aliphatic carbocycles. The molecular formula is C20H23N5OS. The molecule has 6 nitrogen and oxygen atoms in total. The van der Waals surface area contributed by atoms with Gasteiger partial charge in [-0.05, 0) is 24.5 Å². The van der Waals surface area contributed by atoms with E-state index in [1.165, 1.54) is 5.56 Å². The lowest BCUT2D eigenvalue weighted by atomic mass is 10.2. The molecule has 0 radical (unpaired) electrons. The van der Waals surface area contributed by atoms with E-state index in [1.54, 1.807) is 23.3 Å². The number of aromatic nitrogens is 3. The van der Waals surface area contributed by atoms with Crippen molar-refractivity contribution in [2.24, 2.45) is 0 Å². The minimum atomic E-state index is -0.483. The van der Waals surface area contributed by atoms with E-state index >= 15 is 0 Å². The Morgan fingerprint density at radius 2 is 1.70 bits per heavy atom. The van der Waals surface area contributed by atoms with Crippen molar-refractivity contribution < 1.29 is 4.79 Å². The Labute approximate surface area is 163 Å². The molecule has 1 amide bonds. The van der Waals surface area contributed by atoms with Gasteiger partial charge in [-0.2, -0.15) is 0 Å². The Hall–Kier alpha value is -2.80. The first-order valence-corrected chi connectivity index (χ1v) is 9.82. The molecule has 27 heavy (non-hydrogen) atoms. The molecule has 7 heteroatoms. The highest BCUT2D eigenvalue weighted by Crippen LogP contribution is 2.24. The highest BCUT2D eigenvalue weighted by Gasteiger charge is 2.21. The van der Waals surface area contributed by atoms with Crippen molar-refractivity contribution in [3.63, 3.8) is 0 Å². The number of rotatable bonds is 8. The van der Waals surface area contributed by atoms with E-state index in [0.29, 0.717) is 11.7 Å². The quantitative estimate of drug-likeness (QED) is 0.586. The second kappa shape index (κ2) is 9.23. The molecule has 3 aromatic rings. The molecule has 1 atom stereocenters. The van der Waals surface area contributed by atoms with Gasteiger partial charge in [0.15, 0.2) is 5.16 Å². The summed E-state index contributed by atoms with van der Waals surface area (Å²) in [5.41, 5.74) is 8.28. The summed E-state index contributed by atoms with van der Waals surface area (Å²) in [6.45, 7) is 2.28. The smallest absolute Gasteiger partial charge is 0.243 e. The molecule has 0 saturated carbocycles. The van der Waals surface area contributed by atoms with E-state index in [1.807, 2.05) is 48.5 Å². The van der Waals surface area contributed by atoms with Gasteiger partial charge in [-0.25, -0.2) is 0 Å². The summed E-state index contributed by atoms with van der Waals surface area (Å²) >= 11 is 1.55.